The molecule has 0 aliphatic carbocycles. The maximum Gasteiger partial charge on any atom is 0.323 e. The minimum absolute atomic E-state index is 0.584. The smallest absolute Gasteiger partial charge is 0.323 e. The van der Waals surface area contributed by atoms with Crippen LogP contribution in [0.1, 0.15) is 33.1 Å². The Morgan fingerprint density at radius 1 is 1.25 bits per heavy atom. The van der Waals surface area contributed by atoms with Gasteiger partial charge in [0, 0.05) is 19.1 Å². The molecular weight excluding hydrogens is 204 g/mol. The summed E-state index contributed by atoms with van der Waals surface area (Å²) in [5.74, 6) is -0.713. The predicted molar refractivity (Wildman–Crippen MR) is 62.5 cm³/mol. The second kappa shape index (κ2) is 4.34. The molecular formula is C12H22N2O2. The van der Waals surface area contributed by atoms with E-state index in [9.17, 15) is 9.90 Å². The standard InChI is InChI=1S/C12H22N2O2/c1-12(2,11(15)16)14-8-5-10(9-14)13-6-3-4-7-13/h10H,3-9H2,1-2H3,(H,15,16). The number of rotatable bonds is 3. The highest BCUT2D eigenvalue weighted by molar-refractivity contribution is 5.77. The van der Waals surface area contributed by atoms with E-state index < -0.39 is 11.5 Å². The summed E-state index contributed by atoms with van der Waals surface area (Å²) in [7, 11) is 0. The molecule has 4 nitrogen and oxygen atoms in total. The Hall–Kier alpha value is -0.610. The molecule has 1 unspecified atom stereocenters. The number of hydrogen-bond donors (Lipinski definition) is 1. The van der Waals surface area contributed by atoms with Crippen LogP contribution in [0, 0.1) is 0 Å². The Balaban J connectivity index is 1.94. The SMILES string of the molecule is CC(C)(C(=O)O)N1CCC(N2CCCC2)C1. The van der Waals surface area contributed by atoms with Gasteiger partial charge in [0.15, 0.2) is 0 Å². The van der Waals surface area contributed by atoms with Crippen LogP contribution in [0.3, 0.4) is 0 Å². The molecule has 0 aromatic carbocycles. The van der Waals surface area contributed by atoms with Crippen LogP contribution >= 0.6 is 0 Å². The van der Waals surface area contributed by atoms with E-state index in [1.807, 2.05) is 13.8 Å². The molecule has 2 heterocycles. The van der Waals surface area contributed by atoms with Gasteiger partial charge < -0.3 is 5.11 Å². The second-order valence-corrected chi connectivity index (χ2v) is 5.50. The molecule has 0 aromatic rings. The molecule has 0 saturated carbocycles. The molecule has 0 aromatic heterocycles. The van der Waals surface area contributed by atoms with Crippen LogP contribution in [0.5, 0.6) is 0 Å². The number of likely N-dealkylation sites (tertiary alicyclic amines) is 2. The van der Waals surface area contributed by atoms with Crippen molar-refractivity contribution in [3.8, 4) is 0 Å². The van der Waals surface area contributed by atoms with E-state index in [-0.39, 0.29) is 0 Å². The molecule has 2 aliphatic heterocycles. The minimum Gasteiger partial charge on any atom is -0.480 e. The molecule has 4 heteroatoms. The Bertz CT molecular complexity index is 272. The van der Waals surface area contributed by atoms with Crippen LogP contribution in [0.15, 0.2) is 0 Å². The Morgan fingerprint density at radius 3 is 2.44 bits per heavy atom. The summed E-state index contributed by atoms with van der Waals surface area (Å²) in [4.78, 5) is 15.8. The third kappa shape index (κ3) is 2.09. The monoisotopic (exact) mass is 226 g/mol. The summed E-state index contributed by atoms with van der Waals surface area (Å²) in [6, 6.07) is 0.584. The van der Waals surface area contributed by atoms with Gasteiger partial charge in [-0.25, -0.2) is 0 Å². The van der Waals surface area contributed by atoms with Gasteiger partial charge in [0.05, 0.1) is 0 Å². The van der Waals surface area contributed by atoms with Crippen molar-refractivity contribution in [1.29, 1.82) is 0 Å². The van der Waals surface area contributed by atoms with Gasteiger partial charge in [0.25, 0.3) is 0 Å². The van der Waals surface area contributed by atoms with Gasteiger partial charge in [-0.15, -0.1) is 0 Å². The number of aliphatic carboxylic acids is 1. The fourth-order valence-electron chi connectivity index (χ4n) is 2.79. The zero-order valence-electron chi connectivity index (χ0n) is 10.3. The van der Waals surface area contributed by atoms with Gasteiger partial charge in [0.2, 0.25) is 0 Å². The third-order valence-electron chi connectivity index (χ3n) is 4.13. The van der Waals surface area contributed by atoms with Crippen molar-refractivity contribution >= 4 is 5.97 Å². The molecule has 2 aliphatic rings. The summed E-state index contributed by atoms with van der Waals surface area (Å²) in [5, 5.41) is 9.20. The lowest BCUT2D eigenvalue weighted by molar-refractivity contribution is -0.148. The summed E-state index contributed by atoms with van der Waals surface area (Å²) < 4.78 is 0. The van der Waals surface area contributed by atoms with Gasteiger partial charge in [-0.3, -0.25) is 14.6 Å². The van der Waals surface area contributed by atoms with E-state index in [4.69, 9.17) is 0 Å². The van der Waals surface area contributed by atoms with Crippen molar-refractivity contribution in [3.05, 3.63) is 0 Å². The first-order valence-corrected chi connectivity index (χ1v) is 6.24. The molecule has 1 N–H and O–H groups in total. The predicted octanol–water partition coefficient (Wildman–Crippen LogP) is 1.02. The molecule has 2 fully saturated rings. The fraction of sp³-hybridized carbons (Fsp3) is 0.917. The molecule has 16 heavy (non-hydrogen) atoms. The zero-order valence-corrected chi connectivity index (χ0v) is 10.3. The highest BCUT2D eigenvalue weighted by atomic mass is 16.4. The normalized spacial score (nSPS) is 28.8. The maximum absolute atomic E-state index is 11.2. The summed E-state index contributed by atoms with van der Waals surface area (Å²) in [6.45, 7) is 7.85. The number of carboxylic acids is 1. The lowest BCUT2D eigenvalue weighted by Crippen LogP contribution is -2.50. The highest BCUT2D eigenvalue weighted by Crippen LogP contribution is 2.26. The molecule has 2 saturated heterocycles. The van der Waals surface area contributed by atoms with Crippen LogP contribution in [0.25, 0.3) is 0 Å². The van der Waals surface area contributed by atoms with E-state index in [2.05, 4.69) is 9.80 Å². The summed E-state index contributed by atoms with van der Waals surface area (Å²) in [6.07, 6.45) is 3.73. The van der Waals surface area contributed by atoms with Gasteiger partial charge >= 0.3 is 5.97 Å². The number of carbonyl (C=O) groups is 1. The molecule has 0 radical (unpaired) electrons. The average molecular weight is 226 g/mol. The quantitative estimate of drug-likeness (QED) is 0.780. The molecule has 0 amide bonds. The lowest BCUT2D eigenvalue weighted by atomic mass is 10.0. The maximum atomic E-state index is 11.2. The van der Waals surface area contributed by atoms with Crippen LogP contribution in [0.2, 0.25) is 0 Å². The van der Waals surface area contributed by atoms with E-state index in [0.29, 0.717) is 6.04 Å². The van der Waals surface area contributed by atoms with Crippen molar-refractivity contribution < 1.29 is 9.90 Å². The summed E-state index contributed by atoms with van der Waals surface area (Å²) >= 11 is 0. The Labute approximate surface area is 97.2 Å². The molecule has 92 valence electrons. The van der Waals surface area contributed by atoms with E-state index >= 15 is 0 Å². The minimum atomic E-state index is -0.714. The molecule has 1 atom stereocenters. The van der Waals surface area contributed by atoms with Crippen molar-refractivity contribution in [2.24, 2.45) is 0 Å². The topological polar surface area (TPSA) is 43.8 Å². The Kier molecular flexibility index (Phi) is 3.22. The largest absolute Gasteiger partial charge is 0.480 e. The van der Waals surface area contributed by atoms with Crippen molar-refractivity contribution in [2.45, 2.75) is 44.7 Å². The number of carboxylic acid groups (broad SMARTS) is 1. The first kappa shape index (κ1) is 11.9. The van der Waals surface area contributed by atoms with Crippen LogP contribution in [-0.4, -0.2) is 58.6 Å². The molecule has 0 bridgehead atoms. The fourth-order valence-corrected chi connectivity index (χ4v) is 2.79. The van der Waals surface area contributed by atoms with Crippen molar-refractivity contribution in [2.75, 3.05) is 26.2 Å². The third-order valence-corrected chi connectivity index (χ3v) is 4.13. The molecule has 2 rings (SSSR count). The van der Waals surface area contributed by atoms with Crippen molar-refractivity contribution in [1.82, 2.24) is 9.80 Å². The highest BCUT2D eigenvalue weighted by Gasteiger charge is 2.40. The van der Waals surface area contributed by atoms with E-state index in [0.717, 1.165) is 19.5 Å². The summed E-state index contributed by atoms with van der Waals surface area (Å²) in [5.41, 5.74) is -0.714. The average Bonchev–Trinajstić information content (AvgIpc) is 2.88. The lowest BCUT2D eigenvalue weighted by Gasteiger charge is -2.32. The Morgan fingerprint density at radius 2 is 1.88 bits per heavy atom. The van der Waals surface area contributed by atoms with E-state index in [1.54, 1.807) is 0 Å². The zero-order chi connectivity index (χ0) is 11.8. The first-order chi connectivity index (χ1) is 7.51. The molecule has 0 spiro atoms. The van der Waals surface area contributed by atoms with E-state index in [1.165, 1.54) is 25.9 Å². The van der Waals surface area contributed by atoms with Crippen LogP contribution in [0.4, 0.5) is 0 Å². The van der Waals surface area contributed by atoms with Gasteiger partial charge in [-0.05, 0) is 46.2 Å². The van der Waals surface area contributed by atoms with Gasteiger partial charge in [-0.2, -0.15) is 0 Å². The van der Waals surface area contributed by atoms with Crippen molar-refractivity contribution in [3.63, 3.8) is 0 Å². The number of hydrogen-bond acceptors (Lipinski definition) is 3. The first-order valence-electron chi connectivity index (χ1n) is 6.24. The second-order valence-electron chi connectivity index (χ2n) is 5.50. The van der Waals surface area contributed by atoms with Crippen LogP contribution < -0.4 is 0 Å². The van der Waals surface area contributed by atoms with Gasteiger partial charge in [-0.1, -0.05) is 0 Å². The van der Waals surface area contributed by atoms with Crippen LogP contribution in [-0.2, 0) is 4.79 Å². The van der Waals surface area contributed by atoms with Gasteiger partial charge in [0.1, 0.15) is 5.54 Å². The number of nitrogens with zero attached hydrogens (tertiary/aromatic N) is 2.